The highest BCUT2D eigenvalue weighted by atomic mass is 16.5. The number of unbranched alkanes of at least 4 members (excludes halogenated alkanes) is 3. The molecule has 13 heavy (non-hydrogen) atoms. The van der Waals surface area contributed by atoms with Gasteiger partial charge in [-0.2, -0.15) is 0 Å². The van der Waals surface area contributed by atoms with Crippen LogP contribution in [0.5, 0.6) is 0 Å². The second-order valence-corrected chi connectivity index (χ2v) is 2.71. The van der Waals surface area contributed by atoms with E-state index in [1.54, 1.807) is 0 Å². The van der Waals surface area contributed by atoms with Crippen molar-refractivity contribution in [2.75, 3.05) is 6.61 Å². The van der Waals surface area contributed by atoms with Crippen LogP contribution in [0.1, 0.15) is 32.6 Å². The normalized spacial score (nSPS) is 9.85. The summed E-state index contributed by atoms with van der Waals surface area (Å²) >= 11 is 0. The van der Waals surface area contributed by atoms with Crippen LogP contribution in [-0.2, 0) is 9.53 Å². The fourth-order valence-corrected chi connectivity index (χ4v) is 0.864. The summed E-state index contributed by atoms with van der Waals surface area (Å²) in [5, 5.41) is 0. The van der Waals surface area contributed by atoms with E-state index in [-0.39, 0.29) is 6.61 Å². The molecule has 0 saturated heterocycles. The molecule has 0 radical (unpaired) electrons. The summed E-state index contributed by atoms with van der Waals surface area (Å²) in [4.78, 5) is 10.5. The first-order valence-corrected chi connectivity index (χ1v) is 4.59. The molecule has 0 amide bonds. The second kappa shape index (κ2) is 8.86. The van der Waals surface area contributed by atoms with E-state index in [4.69, 9.17) is 6.42 Å². The molecular formula is C11H16O2. The van der Waals surface area contributed by atoms with E-state index in [1.807, 2.05) is 18.1 Å². The molecule has 0 atom stereocenters. The molecule has 0 unspecified atom stereocenters. The van der Waals surface area contributed by atoms with Crippen LogP contribution >= 0.6 is 0 Å². The number of ether oxygens (including phenoxy) is 1. The van der Waals surface area contributed by atoms with Crippen LogP contribution in [0.2, 0.25) is 0 Å². The van der Waals surface area contributed by atoms with E-state index in [1.165, 1.54) is 19.3 Å². The SMILES string of the molecule is C#CC(=O)OCC=CCCCCC. The maximum atomic E-state index is 10.5. The second-order valence-electron chi connectivity index (χ2n) is 2.71. The Labute approximate surface area is 80.0 Å². The lowest BCUT2D eigenvalue weighted by molar-refractivity contribution is -0.135. The third-order valence-corrected chi connectivity index (χ3v) is 1.57. The molecule has 72 valence electrons. The summed E-state index contributed by atoms with van der Waals surface area (Å²) in [6.45, 7) is 2.45. The summed E-state index contributed by atoms with van der Waals surface area (Å²) < 4.78 is 4.64. The van der Waals surface area contributed by atoms with Crippen LogP contribution in [0.15, 0.2) is 12.2 Å². The van der Waals surface area contributed by atoms with Gasteiger partial charge in [-0.1, -0.05) is 31.9 Å². The molecule has 2 nitrogen and oxygen atoms in total. The molecule has 0 fully saturated rings. The van der Waals surface area contributed by atoms with Crippen molar-refractivity contribution < 1.29 is 9.53 Å². The molecule has 0 saturated carbocycles. The van der Waals surface area contributed by atoms with Crippen molar-refractivity contribution in [3.05, 3.63) is 12.2 Å². The van der Waals surface area contributed by atoms with Gasteiger partial charge in [0.2, 0.25) is 0 Å². The molecule has 2 heteroatoms. The predicted molar refractivity (Wildman–Crippen MR) is 53.1 cm³/mol. The number of esters is 1. The van der Waals surface area contributed by atoms with Gasteiger partial charge in [0.1, 0.15) is 6.61 Å². The van der Waals surface area contributed by atoms with Crippen LogP contribution in [-0.4, -0.2) is 12.6 Å². The summed E-state index contributed by atoms with van der Waals surface area (Å²) in [7, 11) is 0. The fraction of sp³-hybridized carbons (Fsp3) is 0.545. The Balaban J connectivity index is 3.23. The summed E-state index contributed by atoms with van der Waals surface area (Å²) in [6, 6.07) is 0. The van der Waals surface area contributed by atoms with Gasteiger partial charge in [-0.3, -0.25) is 0 Å². The number of hydrogen-bond acceptors (Lipinski definition) is 2. The highest BCUT2D eigenvalue weighted by molar-refractivity contribution is 5.87. The first-order chi connectivity index (χ1) is 6.31. The molecule has 0 aliphatic carbocycles. The first kappa shape index (κ1) is 11.8. The monoisotopic (exact) mass is 180 g/mol. The van der Waals surface area contributed by atoms with Crippen LogP contribution in [0.4, 0.5) is 0 Å². The summed E-state index contributed by atoms with van der Waals surface area (Å²) in [6.07, 6.45) is 13.3. The van der Waals surface area contributed by atoms with Crippen LogP contribution < -0.4 is 0 Å². The Bertz CT molecular complexity index is 199. The van der Waals surface area contributed by atoms with Crippen molar-refractivity contribution in [3.8, 4) is 12.3 Å². The van der Waals surface area contributed by atoms with Crippen molar-refractivity contribution >= 4 is 5.97 Å². The van der Waals surface area contributed by atoms with Gasteiger partial charge in [0.25, 0.3) is 0 Å². The molecule has 0 aliphatic rings. The van der Waals surface area contributed by atoms with Gasteiger partial charge in [0.15, 0.2) is 0 Å². The minimum atomic E-state index is -0.599. The smallest absolute Gasteiger partial charge is 0.384 e. The number of rotatable bonds is 6. The average Bonchev–Trinajstić information content (AvgIpc) is 2.16. The zero-order valence-corrected chi connectivity index (χ0v) is 8.08. The van der Waals surface area contributed by atoms with Gasteiger partial charge in [0.05, 0.1) is 0 Å². The molecule has 0 aromatic rings. The van der Waals surface area contributed by atoms with E-state index in [0.29, 0.717) is 0 Å². The van der Waals surface area contributed by atoms with E-state index in [2.05, 4.69) is 11.7 Å². The number of allylic oxidation sites excluding steroid dienone is 1. The highest BCUT2D eigenvalue weighted by Gasteiger charge is 1.90. The average molecular weight is 180 g/mol. The Kier molecular flexibility index (Phi) is 8.02. The van der Waals surface area contributed by atoms with E-state index < -0.39 is 5.97 Å². The predicted octanol–water partition coefficient (Wildman–Crippen LogP) is 2.30. The minimum Gasteiger partial charge on any atom is -0.452 e. The Morgan fingerprint density at radius 2 is 2.23 bits per heavy atom. The molecule has 0 spiro atoms. The van der Waals surface area contributed by atoms with E-state index in [9.17, 15) is 4.79 Å². The Morgan fingerprint density at radius 3 is 2.85 bits per heavy atom. The van der Waals surface area contributed by atoms with Gasteiger partial charge < -0.3 is 4.74 Å². The van der Waals surface area contributed by atoms with E-state index >= 15 is 0 Å². The zero-order valence-electron chi connectivity index (χ0n) is 8.08. The Hall–Kier alpha value is -1.23. The number of terminal acetylenes is 1. The van der Waals surface area contributed by atoms with Crippen LogP contribution in [0.3, 0.4) is 0 Å². The number of hydrogen-bond donors (Lipinski definition) is 0. The lowest BCUT2D eigenvalue weighted by Gasteiger charge is -1.94. The molecular weight excluding hydrogens is 164 g/mol. The van der Waals surface area contributed by atoms with Gasteiger partial charge in [-0.15, -0.1) is 6.42 Å². The molecule has 0 bridgehead atoms. The van der Waals surface area contributed by atoms with Crippen molar-refractivity contribution in [1.82, 2.24) is 0 Å². The number of carbonyl (C=O) groups is 1. The molecule has 0 aromatic heterocycles. The molecule has 0 heterocycles. The van der Waals surface area contributed by atoms with Crippen molar-refractivity contribution in [2.45, 2.75) is 32.6 Å². The van der Waals surface area contributed by atoms with Crippen molar-refractivity contribution in [1.29, 1.82) is 0 Å². The zero-order chi connectivity index (χ0) is 9.94. The fourth-order valence-electron chi connectivity index (χ4n) is 0.864. The van der Waals surface area contributed by atoms with Crippen molar-refractivity contribution in [2.24, 2.45) is 0 Å². The van der Waals surface area contributed by atoms with E-state index in [0.717, 1.165) is 6.42 Å². The largest absolute Gasteiger partial charge is 0.452 e. The molecule has 0 N–H and O–H groups in total. The third kappa shape index (κ3) is 8.68. The van der Waals surface area contributed by atoms with Gasteiger partial charge in [-0.05, 0) is 12.8 Å². The molecule has 0 aromatic carbocycles. The minimum absolute atomic E-state index is 0.287. The topological polar surface area (TPSA) is 26.3 Å². The van der Waals surface area contributed by atoms with Crippen molar-refractivity contribution in [3.63, 3.8) is 0 Å². The Morgan fingerprint density at radius 1 is 1.46 bits per heavy atom. The third-order valence-electron chi connectivity index (χ3n) is 1.57. The first-order valence-electron chi connectivity index (χ1n) is 4.59. The standard InChI is InChI=1S/C11H16O2/c1-3-5-6-7-8-9-10-13-11(12)4-2/h2,8-9H,3,5-7,10H2,1H3. The lowest BCUT2D eigenvalue weighted by Crippen LogP contribution is -1.99. The number of carbonyl (C=O) groups excluding carboxylic acids is 1. The van der Waals surface area contributed by atoms with Gasteiger partial charge in [-0.25, -0.2) is 4.79 Å². The maximum Gasteiger partial charge on any atom is 0.384 e. The highest BCUT2D eigenvalue weighted by Crippen LogP contribution is 1.99. The lowest BCUT2D eigenvalue weighted by atomic mass is 10.2. The van der Waals surface area contributed by atoms with Crippen LogP contribution in [0.25, 0.3) is 0 Å². The quantitative estimate of drug-likeness (QED) is 0.206. The van der Waals surface area contributed by atoms with Crippen LogP contribution in [0, 0.1) is 12.3 Å². The summed E-state index contributed by atoms with van der Waals surface area (Å²) in [5.41, 5.74) is 0. The van der Waals surface area contributed by atoms with Gasteiger partial charge >= 0.3 is 5.97 Å². The molecule has 0 aliphatic heterocycles. The summed E-state index contributed by atoms with van der Waals surface area (Å²) in [5.74, 6) is 1.28. The van der Waals surface area contributed by atoms with Gasteiger partial charge in [0, 0.05) is 5.92 Å². The maximum absolute atomic E-state index is 10.5. The molecule has 0 rings (SSSR count).